The van der Waals surface area contributed by atoms with Crippen LogP contribution in [-0.2, 0) is 5.41 Å². The number of carbonyl (C=O) groups excluding carboxylic acids is 2. The number of benzene rings is 3. The van der Waals surface area contributed by atoms with Gasteiger partial charge in [-0.05, 0) is 71.6 Å². The van der Waals surface area contributed by atoms with Gasteiger partial charge in [0.1, 0.15) is 11.5 Å². The van der Waals surface area contributed by atoms with Crippen LogP contribution in [0.2, 0.25) is 0 Å². The molecule has 3 rings (SSSR count). The monoisotopic (exact) mass is 466 g/mol. The van der Waals surface area contributed by atoms with Crippen LogP contribution in [0.3, 0.4) is 0 Å². The van der Waals surface area contributed by atoms with E-state index in [0.717, 1.165) is 26.8 Å². The van der Waals surface area contributed by atoms with Crippen molar-refractivity contribution in [3.63, 3.8) is 0 Å². The largest absolute Gasteiger partial charge is 0.508 e. The molecule has 0 bridgehead atoms. The Kier molecular flexibility index (Phi) is 8.94. The van der Waals surface area contributed by atoms with Crippen molar-refractivity contribution in [3.05, 3.63) is 89.5 Å². The molecule has 0 heterocycles. The Morgan fingerprint density at radius 3 is 1.67 bits per heavy atom. The number of amides is 2. The van der Waals surface area contributed by atoms with Crippen molar-refractivity contribution in [2.45, 2.75) is 44.9 Å². The molecule has 0 saturated carbocycles. The van der Waals surface area contributed by atoms with Crippen LogP contribution in [0.25, 0.3) is 0 Å². The topological polar surface area (TPSA) is 89.9 Å². The first-order chi connectivity index (χ1) is 15.6. The predicted molar refractivity (Wildman–Crippen MR) is 132 cm³/mol. The van der Waals surface area contributed by atoms with E-state index in [9.17, 15) is 19.8 Å². The maximum atomic E-state index is 13.1. The number of phenolic OH excluding ortho intramolecular Hbond substituents is 2. The number of hydrazine groups is 1. The maximum absolute atomic E-state index is 13.1. The normalized spacial score (nSPS) is 10.6. The average Bonchev–Trinajstić information content (AvgIpc) is 2.80. The summed E-state index contributed by atoms with van der Waals surface area (Å²) in [5.74, 6) is -0.855. The fourth-order valence-electron chi connectivity index (χ4n) is 2.73. The summed E-state index contributed by atoms with van der Waals surface area (Å²) in [6, 6.07) is 19.3. The lowest BCUT2D eigenvalue weighted by Gasteiger charge is -2.23. The van der Waals surface area contributed by atoms with Gasteiger partial charge in [-0.2, -0.15) is 4.41 Å². The van der Waals surface area contributed by atoms with Crippen molar-refractivity contribution in [2.24, 2.45) is 0 Å². The van der Waals surface area contributed by atoms with Crippen molar-refractivity contribution in [1.82, 2.24) is 9.84 Å². The van der Waals surface area contributed by atoms with E-state index < -0.39 is 11.8 Å². The number of nitrogens with one attached hydrogen (secondary N) is 1. The van der Waals surface area contributed by atoms with Gasteiger partial charge in [0.15, 0.2) is 0 Å². The van der Waals surface area contributed by atoms with Gasteiger partial charge in [0.25, 0.3) is 11.8 Å². The van der Waals surface area contributed by atoms with Crippen LogP contribution in [0.5, 0.6) is 11.5 Å². The molecule has 0 aliphatic rings. The number of nitrogens with zero attached hydrogens (tertiary/aromatic N) is 1. The Morgan fingerprint density at radius 1 is 0.758 bits per heavy atom. The summed E-state index contributed by atoms with van der Waals surface area (Å²) in [5, 5.41) is 18.9. The molecule has 3 aromatic rings. The number of carbonyl (C=O) groups is 2. The lowest BCUT2D eigenvalue weighted by molar-refractivity contribution is 0.0739. The molecular formula is C26H30N2O4S. The number of phenols is 2. The van der Waals surface area contributed by atoms with E-state index in [1.807, 2.05) is 38.1 Å². The Hall–Kier alpha value is -3.45. The summed E-state index contributed by atoms with van der Waals surface area (Å²) in [6.45, 7) is 10.4. The first kappa shape index (κ1) is 25.8. The second kappa shape index (κ2) is 11.4. The van der Waals surface area contributed by atoms with Gasteiger partial charge in [0, 0.05) is 28.0 Å². The van der Waals surface area contributed by atoms with Crippen molar-refractivity contribution >= 4 is 23.8 Å². The SMILES string of the molecule is CC.CC(C)(C)c1ccc(SN(NC(=O)c2ccc(O)cc2)C(=O)c2ccc(O)cc2)cc1. The Labute approximate surface area is 199 Å². The van der Waals surface area contributed by atoms with Gasteiger partial charge in [-0.25, -0.2) is 5.43 Å². The molecule has 6 nitrogen and oxygen atoms in total. The van der Waals surface area contributed by atoms with E-state index >= 15 is 0 Å². The summed E-state index contributed by atoms with van der Waals surface area (Å²) < 4.78 is 1.16. The van der Waals surface area contributed by atoms with Crippen LogP contribution in [0.15, 0.2) is 77.7 Å². The van der Waals surface area contributed by atoms with Crippen molar-refractivity contribution in [1.29, 1.82) is 0 Å². The minimum absolute atomic E-state index is 0.00215. The zero-order valence-electron chi connectivity index (χ0n) is 19.5. The summed E-state index contributed by atoms with van der Waals surface area (Å²) in [7, 11) is 0. The van der Waals surface area contributed by atoms with Gasteiger partial charge >= 0.3 is 0 Å². The molecule has 0 unspecified atom stereocenters. The molecule has 2 amide bonds. The third-order valence-corrected chi connectivity index (χ3v) is 5.47. The molecule has 33 heavy (non-hydrogen) atoms. The molecule has 0 radical (unpaired) electrons. The van der Waals surface area contributed by atoms with E-state index in [0.29, 0.717) is 11.1 Å². The van der Waals surface area contributed by atoms with Crippen LogP contribution in [-0.4, -0.2) is 26.4 Å². The first-order valence-electron chi connectivity index (χ1n) is 10.7. The smallest absolute Gasteiger partial charge is 0.283 e. The van der Waals surface area contributed by atoms with Gasteiger partial charge in [-0.15, -0.1) is 0 Å². The van der Waals surface area contributed by atoms with Gasteiger partial charge < -0.3 is 10.2 Å². The highest BCUT2D eigenvalue weighted by molar-refractivity contribution is 7.97. The number of aromatic hydroxyl groups is 2. The van der Waals surface area contributed by atoms with E-state index in [4.69, 9.17) is 0 Å². The molecule has 0 spiro atoms. The van der Waals surface area contributed by atoms with Gasteiger partial charge in [0.05, 0.1) is 0 Å². The molecule has 0 aromatic heterocycles. The molecule has 174 valence electrons. The van der Waals surface area contributed by atoms with Crippen LogP contribution in [0.1, 0.15) is 60.9 Å². The predicted octanol–water partition coefficient (Wildman–Crippen LogP) is 5.92. The quantitative estimate of drug-likeness (QED) is 0.328. The summed E-state index contributed by atoms with van der Waals surface area (Å²) in [6.07, 6.45) is 0. The van der Waals surface area contributed by atoms with E-state index in [-0.39, 0.29) is 16.9 Å². The Morgan fingerprint density at radius 2 is 1.21 bits per heavy atom. The molecule has 0 saturated heterocycles. The van der Waals surface area contributed by atoms with Crippen LogP contribution in [0, 0.1) is 0 Å². The van der Waals surface area contributed by atoms with Crippen molar-refractivity contribution in [2.75, 3.05) is 0 Å². The minimum atomic E-state index is -0.494. The first-order valence-corrected chi connectivity index (χ1v) is 11.4. The van der Waals surface area contributed by atoms with E-state index in [2.05, 4.69) is 26.2 Å². The van der Waals surface area contributed by atoms with E-state index in [1.165, 1.54) is 48.5 Å². The van der Waals surface area contributed by atoms with Crippen LogP contribution >= 0.6 is 11.9 Å². The van der Waals surface area contributed by atoms with Gasteiger partial charge in [-0.3, -0.25) is 9.59 Å². The summed E-state index contributed by atoms with van der Waals surface area (Å²) >= 11 is 1.08. The molecule has 3 N–H and O–H groups in total. The lowest BCUT2D eigenvalue weighted by atomic mass is 9.87. The molecule has 7 heteroatoms. The maximum Gasteiger partial charge on any atom is 0.283 e. The lowest BCUT2D eigenvalue weighted by Crippen LogP contribution is -2.41. The zero-order chi connectivity index (χ0) is 24.6. The Balaban J connectivity index is 0.00000187. The highest BCUT2D eigenvalue weighted by Gasteiger charge is 2.21. The third-order valence-electron chi connectivity index (χ3n) is 4.55. The Bertz CT molecular complexity index is 1060. The highest BCUT2D eigenvalue weighted by atomic mass is 32.2. The molecule has 0 fully saturated rings. The summed E-state index contributed by atoms with van der Waals surface area (Å²) in [5.41, 5.74) is 4.38. The highest BCUT2D eigenvalue weighted by Crippen LogP contribution is 2.28. The second-order valence-corrected chi connectivity index (χ2v) is 9.02. The van der Waals surface area contributed by atoms with Crippen LogP contribution < -0.4 is 5.43 Å². The number of rotatable bonds is 4. The molecule has 3 aromatic carbocycles. The third kappa shape index (κ3) is 7.29. The van der Waals surface area contributed by atoms with Gasteiger partial charge in [0.2, 0.25) is 0 Å². The minimum Gasteiger partial charge on any atom is -0.508 e. The van der Waals surface area contributed by atoms with E-state index in [1.54, 1.807) is 0 Å². The average molecular weight is 467 g/mol. The standard InChI is InChI=1S/C24H24N2O4S.C2H6/c1-24(2,3)18-8-14-21(15-9-18)31-26(23(30)17-6-12-20(28)13-7-17)25-22(29)16-4-10-19(27)11-5-16;1-2/h4-15,27-28H,1-3H3,(H,25,29);1-2H3. The number of hydrogen-bond acceptors (Lipinski definition) is 5. The zero-order valence-corrected chi connectivity index (χ0v) is 20.3. The number of hydrogen-bond donors (Lipinski definition) is 3. The van der Waals surface area contributed by atoms with Crippen LogP contribution in [0.4, 0.5) is 0 Å². The molecular weight excluding hydrogens is 436 g/mol. The summed E-state index contributed by atoms with van der Waals surface area (Å²) in [4.78, 5) is 26.5. The van der Waals surface area contributed by atoms with Gasteiger partial charge in [-0.1, -0.05) is 46.8 Å². The van der Waals surface area contributed by atoms with Crippen molar-refractivity contribution in [3.8, 4) is 11.5 Å². The second-order valence-electron chi connectivity index (χ2n) is 8.00. The fourth-order valence-corrected chi connectivity index (χ4v) is 3.51. The fraction of sp³-hybridized carbons (Fsp3) is 0.231. The van der Waals surface area contributed by atoms with Crippen molar-refractivity contribution < 1.29 is 19.8 Å². The molecule has 0 aliphatic carbocycles. The molecule has 0 atom stereocenters. The molecule has 0 aliphatic heterocycles.